The third-order valence-electron chi connectivity index (χ3n) is 5.09. The maximum atomic E-state index is 14.1. The average molecular weight is 368 g/mol. The lowest BCUT2D eigenvalue weighted by Crippen LogP contribution is -2.38. The van der Waals surface area contributed by atoms with Gasteiger partial charge in [-0.1, -0.05) is 6.07 Å². The van der Waals surface area contributed by atoms with Crippen LogP contribution >= 0.6 is 0 Å². The number of pyridine rings is 1. The summed E-state index contributed by atoms with van der Waals surface area (Å²) in [6.07, 6.45) is 4.24. The minimum Gasteiger partial charge on any atom is -0.393 e. The van der Waals surface area contributed by atoms with E-state index in [-0.39, 0.29) is 23.9 Å². The summed E-state index contributed by atoms with van der Waals surface area (Å²) in [7, 11) is 0. The van der Waals surface area contributed by atoms with Crippen LogP contribution in [0.2, 0.25) is 0 Å². The molecule has 1 aromatic carbocycles. The first-order valence-corrected chi connectivity index (χ1v) is 9.12. The summed E-state index contributed by atoms with van der Waals surface area (Å²) < 4.78 is 15.6. The maximum absolute atomic E-state index is 14.1. The summed E-state index contributed by atoms with van der Waals surface area (Å²) in [4.78, 5) is 16.8. The molecule has 2 heterocycles. The standard InChI is InChI=1S/C20H21FN4O2/c1-12-19-16(21)3-2-4-17(19)25(24-12)18-10-5-13(11-22-18)20(27)23-14-6-8-15(26)9-7-14/h2-5,10-11,14-15,26H,6-9H2,1H3,(H,23,27). The number of aliphatic hydroxyl groups is 1. The molecule has 0 unspecified atom stereocenters. The third-order valence-corrected chi connectivity index (χ3v) is 5.09. The summed E-state index contributed by atoms with van der Waals surface area (Å²) in [6, 6.07) is 8.32. The van der Waals surface area contributed by atoms with Crippen molar-refractivity contribution in [2.75, 3.05) is 0 Å². The highest BCUT2D eigenvalue weighted by atomic mass is 19.1. The number of nitrogens with one attached hydrogen (secondary N) is 1. The van der Waals surface area contributed by atoms with Crippen molar-refractivity contribution < 1.29 is 14.3 Å². The molecule has 1 saturated carbocycles. The number of carbonyl (C=O) groups excluding carboxylic acids is 1. The van der Waals surface area contributed by atoms with Gasteiger partial charge in [-0.15, -0.1) is 0 Å². The van der Waals surface area contributed by atoms with Crippen molar-refractivity contribution >= 4 is 16.8 Å². The van der Waals surface area contributed by atoms with Crippen molar-refractivity contribution in [1.29, 1.82) is 0 Å². The zero-order chi connectivity index (χ0) is 19.0. The number of fused-ring (bicyclic) bond motifs is 1. The number of halogens is 1. The highest BCUT2D eigenvalue weighted by Crippen LogP contribution is 2.23. The van der Waals surface area contributed by atoms with Crippen molar-refractivity contribution in [1.82, 2.24) is 20.1 Å². The maximum Gasteiger partial charge on any atom is 0.253 e. The van der Waals surface area contributed by atoms with E-state index in [1.165, 1.54) is 12.3 Å². The molecule has 140 valence electrons. The van der Waals surface area contributed by atoms with Crippen LogP contribution in [0.3, 0.4) is 0 Å². The molecule has 1 aliphatic carbocycles. The summed E-state index contributed by atoms with van der Waals surface area (Å²) in [5.74, 6) is 0.0314. The topological polar surface area (TPSA) is 80.0 Å². The first-order chi connectivity index (χ1) is 13.0. The Morgan fingerprint density at radius 3 is 2.70 bits per heavy atom. The van der Waals surface area contributed by atoms with Gasteiger partial charge < -0.3 is 10.4 Å². The quantitative estimate of drug-likeness (QED) is 0.745. The summed E-state index contributed by atoms with van der Waals surface area (Å²) in [5.41, 5.74) is 1.69. The Morgan fingerprint density at radius 2 is 2.00 bits per heavy atom. The molecule has 1 amide bonds. The second-order valence-electron chi connectivity index (χ2n) is 7.02. The van der Waals surface area contributed by atoms with E-state index >= 15 is 0 Å². The van der Waals surface area contributed by atoms with E-state index in [1.54, 1.807) is 35.9 Å². The predicted molar refractivity (Wildman–Crippen MR) is 99.3 cm³/mol. The van der Waals surface area contributed by atoms with E-state index in [2.05, 4.69) is 15.4 Å². The molecule has 3 aromatic rings. The lowest BCUT2D eigenvalue weighted by Gasteiger charge is -2.26. The van der Waals surface area contributed by atoms with Crippen molar-refractivity contribution in [3.05, 3.63) is 53.6 Å². The second-order valence-corrected chi connectivity index (χ2v) is 7.02. The molecule has 0 bridgehead atoms. The molecule has 0 spiro atoms. The summed E-state index contributed by atoms with van der Waals surface area (Å²) >= 11 is 0. The number of aryl methyl sites for hydroxylation is 1. The first kappa shape index (κ1) is 17.6. The van der Waals surface area contributed by atoms with Crippen molar-refractivity contribution in [3.8, 4) is 5.82 Å². The number of aliphatic hydroxyl groups excluding tert-OH is 1. The Morgan fingerprint density at radius 1 is 1.22 bits per heavy atom. The molecule has 0 aliphatic heterocycles. The Labute approximate surface area is 156 Å². The molecule has 1 fully saturated rings. The predicted octanol–water partition coefficient (Wildman–Crippen LogP) is 2.90. The zero-order valence-electron chi connectivity index (χ0n) is 15.0. The smallest absolute Gasteiger partial charge is 0.253 e. The van der Waals surface area contributed by atoms with Gasteiger partial charge in [-0.2, -0.15) is 5.10 Å². The SMILES string of the molecule is Cc1nn(-c2ccc(C(=O)NC3CCC(O)CC3)cn2)c2cccc(F)c12. The van der Waals surface area contributed by atoms with Crippen molar-refractivity contribution in [3.63, 3.8) is 0 Å². The van der Waals surface area contributed by atoms with E-state index in [9.17, 15) is 14.3 Å². The van der Waals surface area contributed by atoms with Gasteiger partial charge in [0, 0.05) is 12.2 Å². The van der Waals surface area contributed by atoms with Gasteiger partial charge in [0.1, 0.15) is 5.82 Å². The van der Waals surface area contributed by atoms with Gasteiger partial charge in [0.2, 0.25) is 0 Å². The Bertz CT molecular complexity index is 976. The molecular formula is C20H21FN4O2. The molecule has 7 heteroatoms. The third kappa shape index (κ3) is 3.42. The van der Waals surface area contributed by atoms with E-state index in [4.69, 9.17) is 0 Å². The average Bonchev–Trinajstić information content (AvgIpc) is 3.02. The Kier molecular flexibility index (Phi) is 4.61. The van der Waals surface area contributed by atoms with Gasteiger partial charge in [-0.05, 0) is 56.9 Å². The van der Waals surface area contributed by atoms with E-state index in [0.717, 1.165) is 12.8 Å². The molecule has 1 aliphatic rings. The fraction of sp³-hybridized carbons (Fsp3) is 0.350. The number of rotatable bonds is 3. The Balaban J connectivity index is 1.54. The lowest BCUT2D eigenvalue weighted by atomic mass is 9.93. The first-order valence-electron chi connectivity index (χ1n) is 9.12. The van der Waals surface area contributed by atoms with Gasteiger partial charge in [0.05, 0.1) is 28.3 Å². The molecular weight excluding hydrogens is 347 g/mol. The van der Waals surface area contributed by atoms with Crippen LogP contribution in [0.4, 0.5) is 4.39 Å². The number of benzene rings is 1. The van der Waals surface area contributed by atoms with Crippen LogP contribution in [0.5, 0.6) is 0 Å². The van der Waals surface area contributed by atoms with E-state index in [1.807, 2.05) is 0 Å². The van der Waals surface area contributed by atoms with Crippen LogP contribution in [0.15, 0.2) is 36.5 Å². The minimum absolute atomic E-state index is 0.0845. The number of hydrogen-bond donors (Lipinski definition) is 2. The van der Waals surface area contributed by atoms with Crippen molar-refractivity contribution in [2.45, 2.75) is 44.8 Å². The second kappa shape index (κ2) is 7.08. The zero-order valence-corrected chi connectivity index (χ0v) is 15.0. The number of carbonyl (C=O) groups is 1. The molecule has 6 nitrogen and oxygen atoms in total. The van der Waals surface area contributed by atoms with Gasteiger partial charge in [-0.3, -0.25) is 4.79 Å². The van der Waals surface area contributed by atoms with Gasteiger partial charge in [-0.25, -0.2) is 14.1 Å². The summed E-state index contributed by atoms with van der Waals surface area (Å²) in [6.45, 7) is 1.75. The van der Waals surface area contributed by atoms with Crippen LogP contribution in [0.1, 0.15) is 41.7 Å². The molecule has 2 aromatic heterocycles. The number of aromatic nitrogens is 3. The largest absolute Gasteiger partial charge is 0.393 e. The number of amides is 1. The van der Waals surface area contributed by atoms with Gasteiger partial charge in [0.25, 0.3) is 5.91 Å². The molecule has 27 heavy (non-hydrogen) atoms. The molecule has 2 N–H and O–H groups in total. The van der Waals surface area contributed by atoms with Gasteiger partial charge in [0.15, 0.2) is 5.82 Å². The minimum atomic E-state index is -0.315. The van der Waals surface area contributed by atoms with E-state index < -0.39 is 0 Å². The monoisotopic (exact) mass is 368 g/mol. The molecule has 0 atom stereocenters. The highest BCUT2D eigenvalue weighted by molar-refractivity contribution is 5.94. The van der Waals surface area contributed by atoms with Crippen molar-refractivity contribution in [2.24, 2.45) is 0 Å². The molecule has 4 rings (SSSR count). The molecule has 0 saturated heterocycles. The number of hydrogen-bond acceptors (Lipinski definition) is 4. The van der Waals surface area contributed by atoms with Crippen LogP contribution in [-0.2, 0) is 0 Å². The normalized spacial score (nSPS) is 20.0. The van der Waals surface area contributed by atoms with Gasteiger partial charge >= 0.3 is 0 Å². The lowest BCUT2D eigenvalue weighted by molar-refractivity contribution is 0.0867. The van der Waals surface area contributed by atoms with E-state index in [0.29, 0.717) is 40.8 Å². The van der Waals surface area contributed by atoms with Crippen LogP contribution in [0, 0.1) is 12.7 Å². The van der Waals surface area contributed by atoms with Crippen LogP contribution in [-0.4, -0.2) is 37.9 Å². The fourth-order valence-corrected chi connectivity index (χ4v) is 3.61. The number of nitrogens with zero attached hydrogens (tertiary/aromatic N) is 3. The highest BCUT2D eigenvalue weighted by Gasteiger charge is 2.21. The fourth-order valence-electron chi connectivity index (χ4n) is 3.61. The van der Waals surface area contributed by atoms with Crippen LogP contribution < -0.4 is 5.32 Å². The molecule has 0 radical (unpaired) electrons. The van der Waals surface area contributed by atoms with Crippen LogP contribution in [0.25, 0.3) is 16.7 Å². The summed E-state index contributed by atoms with van der Waals surface area (Å²) in [5, 5.41) is 17.4. The Hall–Kier alpha value is -2.80.